The molecule has 1 aliphatic carbocycles. The Morgan fingerprint density at radius 3 is 0.423 bits per heavy atom. The summed E-state index contributed by atoms with van der Waals surface area (Å²) < 4.78 is 25.5. The molecule has 0 radical (unpaired) electrons. The molecule has 3 nitrogen and oxygen atoms in total. The summed E-state index contributed by atoms with van der Waals surface area (Å²) in [6.45, 7) is 122. The Kier molecular flexibility index (Phi) is 61.2. The van der Waals surface area contributed by atoms with Gasteiger partial charge >= 0.3 is 0 Å². The fourth-order valence-electron chi connectivity index (χ4n) is 14.3. The van der Waals surface area contributed by atoms with E-state index in [9.17, 15) is 8.42 Å². The molecule has 0 aromatic heterocycles. The van der Waals surface area contributed by atoms with Gasteiger partial charge in [0.1, 0.15) is 0 Å². The summed E-state index contributed by atoms with van der Waals surface area (Å²) >= 11 is 0. The van der Waals surface area contributed by atoms with Crippen LogP contribution in [0.1, 0.15) is 425 Å². The summed E-state index contributed by atoms with van der Waals surface area (Å²) in [4.78, 5) is 3.04. The maximum Gasteiger partial charge on any atom is 0.206 e. The molecule has 774 valence electrons. The van der Waals surface area contributed by atoms with Gasteiger partial charge in [-0.25, -0.2) is 8.42 Å². The molecule has 0 atom stereocenters. The van der Waals surface area contributed by atoms with Crippen LogP contribution in [0.3, 0.4) is 0 Å². The molecule has 0 unspecified atom stereocenters. The van der Waals surface area contributed by atoms with Crippen LogP contribution in [0.4, 0.5) is 17.1 Å². The molecular weight excluding hydrogens is 1790 g/mol. The van der Waals surface area contributed by atoms with Gasteiger partial charge in [0, 0.05) is 168 Å². The topological polar surface area (TPSA) is 37.4 Å². The van der Waals surface area contributed by atoms with Gasteiger partial charge in [-0.05, 0) is 270 Å². The fourth-order valence-corrected chi connectivity index (χ4v) is 15.6. The van der Waals surface area contributed by atoms with Gasteiger partial charge in [0.2, 0.25) is 9.84 Å². The van der Waals surface area contributed by atoms with Crippen molar-refractivity contribution in [1.29, 1.82) is 0 Å². The second-order valence-corrected chi connectivity index (χ2v) is 56.2. The van der Waals surface area contributed by atoms with E-state index in [1.54, 1.807) is 24.3 Å². The first-order chi connectivity index (χ1) is 59.7. The summed E-state index contributed by atoms with van der Waals surface area (Å²) in [5, 5.41) is 0. The largest absolute Gasteiger partial charge is 0.311 e. The van der Waals surface area contributed by atoms with E-state index in [2.05, 4.69) is 520 Å². The van der Waals surface area contributed by atoms with Crippen LogP contribution in [0.25, 0.3) is 33.4 Å². The first-order valence-corrected chi connectivity index (χ1v) is 51.6. The zero-order valence-corrected chi connectivity index (χ0v) is 102. The minimum atomic E-state index is -3.46. The Morgan fingerprint density at radius 2 is 0.314 bits per heavy atom. The number of rotatable bonds is 8. The van der Waals surface area contributed by atoms with Crippen LogP contribution in [0.2, 0.25) is 0 Å². The first kappa shape index (κ1) is 143. The van der Waals surface area contributed by atoms with E-state index in [1.807, 2.05) is 65.8 Å². The van der Waals surface area contributed by atoms with Gasteiger partial charge in [-0.1, -0.05) is 500 Å². The third kappa shape index (κ3) is 56.2. The maximum atomic E-state index is 12.8. The molecule has 0 spiro atoms. The summed E-state index contributed by atoms with van der Waals surface area (Å²) in [5.74, 6) is 8.06. The van der Waals surface area contributed by atoms with Gasteiger partial charge < -0.3 is 4.90 Å². The third-order valence-electron chi connectivity index (χ3n) is 21.5. The first-order valence-electron chi connectivity index (χ1n) is 50.1. The van der Waals surface area contributed by atoms with Gasteiger partial charge in [-0.15, -0.1) is 11.8 Å². The maximum absolute atomic E-state index is 12.8. The second kappa shape index (κ2) is 58.8. The number of nitrogens with zero attached hydrogens (tertiary/aromatic N) is 1. The summed E-state index contributed by atoms with van der Waals surface area (Å²) in [6.07, 6.45) is 0. The molecule has 9 aromatic rings. The van der Waals surface area contributed by atoms with Gasteiger partial charge in [0.15, 0.2) is 0 Å². The van der Waals surface area contributed by atoms with Crippen LogP contribution in [0.15, 0.2) is 222 Å². The Morgan fingerprint density at radius 1 is 0.197 bits per heavy atom. The van der Waals surface area contributed by atoms with E-state index in [0.717, 1.165) is 28.9 Å². The van der Waals surface area contributed by atoms with Crippen molar-refractivity contribution in [3.8, 4) is 45.2 Å². The molecule has 0 amide bonds. The van der Waals surface area contributed by atoms with E-state index in [0.29, 0.717) is 47.7 Å². The van der Waals surface area contributed by atoms with E-state index in [-0.39, 0.29) is 194 Å². The Bertz CT molecular complexity index is 4500. The molecule has 10 rings (SSSR count). The predicted molar refractivity (Wildman–Crippen MR) is 603 cm³/mol. The number of benzene rings is 9. The van der Waals surface area contributed by atoms with E-state index in [1.165, 1.54) is 83.8 Å². The second-order valence-electron chi connectivity index (χ2n) is 54.2. The summed E-state index contributed by atoms with van der Waals surface area (Å²) in [6, 6.07) is 75.7. The number of anilines is 3. The summed E-state index contributed by atoms with van der Waals surface area (Å²) in [5.41, 5.74) is 25.7. The average Bonchev–Trinajstić information content (AvgIpc) is 1.54. The monoisotopic (exact) mass is 1990 g/mol. The molecule has 0 N–H and O–H groups in total. The van der Waals surface area contributed by atoms with Crippen molar-refractivity contribution in [1.82, 2.24) is 0 Å². The van der Waals surface area contributed by atoms with Gasteiger partial charge in [0.25, 0.3) is 0 Å². The van der Waals surface area contributed by atoms with Crippen LogP contribution in [-0.4, -0.2) is 8.42 Å². The van der Waals surface area contributed by atoms with Crippen LogP contribution in [0.5, 0.6) is 0 Å². The van der Waals surface area contributed by atoms with E-state index in [4.69, 9.17) is 0 Å². The molecular formula is C129H203Ar4NO2S. The zero-order chi connectivity index (χ0) is 104. The Labute approximate surface area is 970 Å². The summed E-state index contributed by atoms with van der Waals surface area (Å²) in [7, 11) is -3.46. The molecule has 9 aromatic carbocycles. The van der Waals surface area contributed by atoms with Crippen molar-refractivity contribution < 1.29 is 159 Å². The van der Waals surface area contributed by atoms with Crippen LogP contribution in [0, 0.1) is 218 Å². The minimum absolute atomic E-state index is 0. The van der Waals surface area contributed by atoms with Crippen molar-refractivity contribution in [3.63, 3.8) is 0 Å². The van der Waals surface area contributed by atoms with Gasteiger partial charge in [-0.2, -0.15) is 0 Å². The third-order valence-corrected chi connectivity index (χ3v) is 23.3. The normalized spacial score (nSPS) is 13.9. The molecule has 137 heavy (non-hydrogen) atoms. The van der Waals surface area contributed by atoms with Crippen molar-refractivity contribution in [2.24, 2.45) is 55.7 Å². The van der Waals surface area contributed by atoms with Crippen molar-refractivity contribution in [3.05, 3.63) is 257 Å². The van der Waals surface area contributed by atoms with E-state index < -0.39 is 9.84 Å². The van der Waals surface area contributed by atoms with Crippen LogP contribution < -0.4 is 4.90 Å². The molecule has 0 aliphatic heterocycles. The van der Waals surface area contributed by atoms with Gasteiger partial charge in [-0.3, -0.25) is 0 Å². The van der Waals surface area contributed by atoms with Crippen molar-refractivity contribution in [2.75, 3.05) is 4.90 Å². The SMILES string of the molecule is CC.CC.CC#CC.CC(C)(C)C.CC(C)(C)C.CC(C)(C)C.CC(C)(C)C.CC(C)(C)C1C(C(C)(C)C)C1C(C)(C)C.CC(C)(C)c1ccc(-c2cc(-c3ccc(C(C)(C)C)cc3)cc(-c3ccc(C(C)(C)C)cc3)c2)cc1.CC(C)(C)c1ccc(N(c2ccc(C(C)(C)C)cc2)c2ccc(C(C)(C)C)cc2)cc1.CC(C)(C)c1ccc(S(=O)(=O)c2ccc(C(C)(C)C)cc2)cc1.[Ar].[Ar].[Ar].[Ar]. The van der Waals surface area contributed by atoms with Crippen LogP contribution in [-0.2, 0) is 53.2 Å². The van der Waals surface area contributed by atoms with Crippen molar-refractivity contribution >= 4 is 26.9 Å². The molecule has 1 fully saturated rings. The number of hydrogen-bond donors (Lipinski definition) is 0. The number of sulfone groups is 1. The molecule has 1 aliphatic rings. The standard InChI is InChI=1S/C36H42.C30H39N.C20H26O2S.C15H30.4C5H12.C4H6.2C2H6.4Ar/c1-34(2,3)31-16-10-25(11-17-31)28-22-29(26-12-18-32(19-13-26)35(4,5)6)24-30(23-28)27-14-20-33(21-15-27)36(7,8)9;1-28(2,3)22-10-16-25(17-11-22)31(26-18-12-23(13-19-26)29(4,5)6)27-20-14-24(15-21-27)30(7,8)9;1-19(2,3)15-7-11-17(12-8-15)23(21,22)18-13-9-16(10-14-18)20(4,5)6;1-13(2,3)10-11(14(4,5)6)12(10)15(7,8)9;4*1-5(2,3)4;1-3-4-2;2*1-2;;;;/h10-24H,1-9H3;10-21H,1-9H3;7-14H,1-6H3;10-12H,1-9H3;4*1-4H3;1-2H3;2*1-2H3;;;;. The predicted octanol–water partition coefficient (Wildman–Crippen LogP) is 41.0. The molecule has 8 heteroatoms. The van der Waals surface area contributed by atoms with Gasteiger partial charge in [0.05, 0.1) is 9.79 Å². The smallest absolute Gasteiger partial charge is 0.206 e. The molecule has 0 saturated heterocycles. The fraction of sp³-hybridized carbons (Fsp3) is 0.566. The average molecular weight is 1990 g/mol. The van der Waals surface area contributed by atoms with Crippen LogP contribution >= 0.6 is 0 Å². The Hall–Kier alpha value is -2.67. The Balaban J connectivity index is -0.000000523. The zero-order valence-electron chi connectivity index (χ0n) is 98.0. The molecule has 0 bridgehead atoms. The minimum Gasteiger partial charge on any atom is -0.311 e. The molecule has 0 heterocycles. The molecule has 1 saturated carbocycles. The number of hydrogen-bond acceptors (Lipinski definition) is 3. The van der Waals surface area contributed by atoms with Crippen molar-refractivity contribution in [2.45, 2.75) is 434 Å². The van der Waals surface area contributed by atoms with E-state index >= 15 is 0 Å². The quantitative estimate of drug-likeness (QED) is 0.142.